The largest absolute Gasteiger partial charge is 0.493 e. The van der Waals surface area contributed by atoms with Gasteiger partial charge in [0.25, 0.3) is 11.8 Å². The molecule has 0 spiro atoms. The van der Waals surface area contributed by atoms with Gasteiger partial charge < -0.3 is 47.4 Å². The van der Waals surface area contributed by atoms with E-state index < -0.39 is 0 Å². The van der Waals surface area contributed by atoms with E-state index in [1.807, 2.05) is 104 Å². The number of carbonyl (C=O) groups is 2. The molecule has 0 unspecified atom stereocenters. The lowest BCUT2D eigenvalue weighted by Crippen LogP contribution is -2.38. The number of fused-ring (bicyclic) bond motifs is 2. The van der Waals surface area contributed by atoms with Crippen molar-refractivity contribution in [1.29, 1.82) is 0 Å². The number of ether oxygens (including phenoxy) is 6. The quantitative estimate of drug-likeness (QED) is 0.156. The van der Waals surface area contributed by atoms with Gasteiger partial charge in [-0.15, -0.1) is 0 Å². The Morgan fingerprint density at radius 2 is 0.849 bits per heavy atom. The van der Waals surface area contributed by atoms with E-state index in [0.717, 1.165) is 22.4 Å². The fourth-order valence-electron chi connectivity index (χ4n) is 7.32. The minimum absolute atomic E-state index is 0.165. The summed E-state index contributed by atoms with van der Waals surface area (Å²) in [5, 5.41) is 1.42. The van der Waals surface area contributed by atoms with Crippen molar-refractivity contribution in [1.82, 2.24) is 18.9 Å². The van der Waals surface area contributed by atoms with Crippen molar-refractivity contribution in [3.8, 4) is 45.9 Å². The van der Waals surface area contributed by atoms with Crippen molar-refractivity contribution in [3.63, 3.8) is 0 Å². The minimum atomic E-state index is -0.165. The van der Waals surface area contributed by atoms with Crippen LogP contribution in [0.25, 0.3) is 33.2 Å². The molecule has 12 nitrogen and oxygen atoms in total. The van der Waals surface area contributed by atoms with Crippen molar-refractivity contribution >= 4 is 33.6 Å². The minimum Gasteiger partial charge on any atom is -0.493 e. The summed E-state index contributed by atoms with van der Waals surface area (Å²) in [6.07, 6.45) is 0.588. The summed E-state index contributed by atoms with van der Waals surface area (Å²) in [6.45, 7) is 1.60. The van der Waals surface area contributed by atoms with Crippen molar-refractivity contribution in [2.24, 2.45) is 0 Å². The Labute approximate surface area is 307 Å². The van der Waals surface area contributed by atoms with Gasteiger partial charge in [0.1, 0.15) is 11.4 Å². The van der Waals surface area contributed by atoms with E-state index >= 15 is 0 Å². The molecule has 0 atom stereocenters. The molecule has 1 saturated heterocycles. The zero-order valence-corrected chi connectivity index (χ0v) is 30.7. The summed E-state index contributed by atoms with van der Waals surface area (Å²) < 4.78 is 38.1. The molecule has 1 aliphatic heterocycles. The molecule has 0 N–H and O–H groups in total. The first kappa shape index (κ1) is 35.1. The Kier molecular flexibility index (Phi) is 9.77. The molecule has 0 saturated carbocycles. The molecule has 6 aromatic rings. The second kappa shape index (κ2) is 14.7. The summed E-state index contributed by atoms with van der Waals surface area (Å²) in [5.41, 5.74) is 4.00. The molecule has 3 heterocycles. The van der Waals surface area contributed by atoms with E-state index in [9.17, 15) is 9.59 Å². The van der Waals surface area contributed by atoms with Crippen LogP contribution in [0.5, 0.6) is 34.5 Å². The van der Waals surface area contributed by atoms with Gasteiger partial charge in [-0.05, 0) is 42.8 Å². The zero-order chi connectivity index (χ0) is 37.2. The van der Waals surface area contributed by atoms with E-state index in [1.54, 1.807) is 42.7 Å². The molecule has 0 radical (unpaired) electrons. The summed E-state index contributed by atoms with van der Waals surface area (Å²) >= 11 is 0. The molecule has 2 amide bonds. The van der Waals surface area contributed by atoms with Crippen LogP contribution in [0.15, 0.2) is 84.9 Å². The van der Waals surface area contributed by atoms with Crippen molar-refractivity contribution in [3.05, 3.63) is 96.3 Å². The van der Waals surface area contributed by atoms with Gasteiger partial charge >= 0.3 is 0 Å². The molecule has 2 aromatic heterocycles. The number of hydrogen-bond donors (Lipinski definition) is 0. The number of para-hydroxylation sites is 2. The number of hydrogen-bond acceptors (Lipinski definition) is 8. The Morgan fingerprint density at radius 1 is 0.472 bits per heavy atom. The van der Waals surface area contributed by atoms with E-state index in [1.165, 1.54) is 0 Å². The monoisotopic (exact) mass is 718 g/mol. The normalized spacial score (nSPS) is 13.2. The highest BCUT2D eigenvalue weighted by Crippen LogP contribution is 2.46. The van der Waals surface area contributed by atoms with Gasteiger partial charge in [-0.25, -0.2) is 0 Å². The molecule has 1 fully saturated rings. The standard InChI is InChI=1S/C41H42N4O8/c1-48-34-24-30-28(36(50-3)38(34)52-5)22-32(44(30)26-14-9-7-10-15-26)40(46)42-18-13-19-43(21-20-42)41(47)33-23-29-31(45(33)27-16-11-8-12-17-27)25-35(49-2)39(53-6)37(29)51-4/h7-12,14-17,22-25H,13,18-21H2,1-6H3. The van der Waals surface area contributed by atoms with Gasteiger partial charge in [0.15, 0.2) is 23.0 Å². The van der Waals surface area contributed by atoms with Crippen LogP contribution in [0.2, 0.25) is 0 Å². The Balaban J connectivity index is 1.26. The average molecular weight is 719 g/mol. The first-order valence-corrected chi connectivity index (χ1v) is 17.3. The van der Waals surface area contributed by atoms with Crippen LogP contribution in [0.3, 0.4) is 0 Å². The number of aromatic nitrogens is 2. The summed E-state index contributed by atoms with van der Waals surface area (Å²) in [6, 6.07) is 26.8. The molecule has 1 aliphatic rings. The topological polar surface area (TPSA) is 106 Å². The second-order valence-corrected chi connectivity index (χ2v) is 12.5. The highest BCUT2D eigenvalue weighted by Gasteiger charge is 2.31. The molecule has 0 aliphatic carbocycles. The maximum absolute atomic E-state index is 14.6. The lowest BCUT2D eigenvalue weighted by atomic mass is 10.2. The number of benzene rings is 4. The van der Waals surface area contributed by atoms with E-state index in [4.69, 9.17) is 28.4 Å². The van der Waals surface area contributed by atoms with E-state index in [-0.39, 0.29) is 11.8 Å². The molecule has 12 heteroatoms. The maximum Gasteiger partial charge on any atom is 0.270 e. The highest BCUT2D eigenvalue weighted by molar-refractivity contribution is 6.04. The predicted octanol–water partition coefficient (Wildman–Crippen LogP) is 6.61. The number of rotatable bonds is 10. The molecular formula is C41H42N4O8. The van der Waals surface area contributed by atoms with Crippen molar-refractivity contribution in [2.75, 3.05) is 68.8 Å². The van der Waals surface area contributed by atoms with E-state index in [2.05, 4.69) is 0 Å². The van der Waals surface area contributed by atoms with Crippen LogP contribution in [-0.2, 0) is 0 Å². The molecule has 7 rings (SSSR count). The number of nitrogens with zero attached hydrogens (tertiary/aromatic N) is 4. The maximum atomic E-state index is 14.6. The zero-order valence-electron chi connectivity index (χ0n) is 30.7. The predicted molar refractivity (Wildman–Crippen MR) is 202 cm³/mol. The van der Waals surface area contributed by atoms with Gasteiger partial charge in [-0.3, -0.25) is 9.59 Å². The van der Waals surface area contributed by atoms with Crippen molar-refractivity contribution < 1.29 is 38.0 Å². The third kappa shape index (κ3) is 5.99. The molecule has 4 aromatic carbocycles. The molecule has 274 valence electrons. The fraction of sp³-hybridized carbons (Fsp3) is 0.268. The van der Waals surface area contributed by atoms with Crippen LogP contribution in [0, 0.1) is 0 Å². The number of carbonyl (C=O) groups excluding carboxylic acids is 2. The van der Waals surface area contributed by atoms with Crippen LogP contribution >= 0.6 is 0 Å². The second-order valence-electron chi connectivity index (χ2n) is 12.5. The van der Waals surface area contributed by atoms with Crippen LogP contribution in [0.1, 0.15) is 27.4 Å². The molecule has 0 bridgehead atoms. The Bertz CT molecular complexity index is 2140. The summed E-state index contributed by atoms with van der Waals surface area (Å²) in [4.78, 5) is 32.8. The van der Waals surface area contributed by atoms with E-state index in [0.29, 0.717) is 89.3 Å². The summed E-state index contributed by atoms with van der Waals surface area (Å²) in [7, 11) is 9.38. The summed E-state index contributed by atoms with van der Waals surface area (Å²) in [5.74, 6) is 2.46. The first-order valence-electron chi connectivity index (χ1n) is 17.3. The van der Waals surface area contributed by atoms with Gasteiger partial charge in [0, 0.05) is 60.5 Å². The number of methoxy groups -OCH3 is 6. The van der Waals surface area contributed by atoms with Crippen LogP contribution in [-0.4, -0.2) is 99.6 Å². The Hall–Kier alpha value is -6.30. The fourth-order valence-corrected chi connectivity index (χ4v) is 7.32. The lowest BCUT2D eigenvalue weighted by molar-refractivity contribution is 0.0711. The van der Waals surface area contributed by atoms with Crippen LogP contribution in [0.4, 0.5) is 0 Å². The SMILES string of the molecule is COc1cc2c(cc(C(=O)N3CCCN(C(=O)c4cc5c(OC)c(OC)c(OC)cc5n4-c4ccccc4)CC3)n2-c2ccccc2)c(OC)c1OC. The van der Waals surface area contributed by atoms with Crippen molar-refractivity contribution in [2.45, 2.75) is 6.42 Å². The highest BCUT2D eigenvalue weighted by atomic mass is 16.5. The third-order valence-corrected chi connectivity index (χ3v) is 9.76. The smallest absolute Gasteiger partial charge is 0.270 e. The van der Waals surface area contributed by atoms with Gasteiger partial charge in [-0.1, -0.05) is 36.4 Å². The number of amides is 2. The van der Waals surface area contributed by atoms with Gasteiger partial charge in [0.05, 0.1) is 53.7 Å². The Morgan fingerprint density at radius 3 is 1.19 bits per heavy atom. The average Bonchev–Trinajstić information content (AvgIpc) is 3.68. The molecule has 53 heavy (non-hydrogen) atoms. The molecular weight excluding hydrogens is 676 g/mol. The van der Waals surface area contributed by atoms with Gasteiger partial charge in [0.2, 0.25) is 11.5 Å². The van der Waals surface area contributed by atoms with Crippen LogP contribution < -0.4 is 28.4 Å². The third-order valence-electron chi connectivity index (χ3n) is 9.76. The first-order chi connectivity index (χ1) is 25.9. The van der Waals surface area contributed by atoms with Gasteiger partial charge in [-0.2, -0.15) is 0 Å². The lowest BCUT2D eigenvalue weighted by Gasteiger charge is -2.23.